The Morgan fingerprint density at radius 3 is 2.91 bits per heavy atom. The number of carbonyl (C=O) groups is 3. The van der Waals surface area contributed by atoms with Gasteiger partial charge >= 0.3 is 11.8 Å². The Labute approximate surface area is 128 Å². The van der Waals surface area contributed by atoms with Gasteiger partial charge in [-0.15, -0.1) is 0 Å². The summed E-state index contributed by atoms with van der Waals surface area (Å²) < 4.78 is 0. The molecule has 2 N–H and O–H groups in total. The van der Waals surface area contributed by atoms with Crippen molar-refractivity contribution >= 4 is 23.4 Å². The van der Waals surface area contributed by atoms with Gasteiger partial charge in [0.05, 0.1) is 0 Å². The van der Waals surface area contributed by atoms with Gasteiger partial charge in [0.2, 0.25) is 5.91 Å². The van der Waals surface area contributed by atoms with E-state index in [1.807, 2.05) is 25.1 Å². The Morgan fingerprint density at radius 2 is 2.18 bits per heavy atom. The third-order valence-electron chi connectivity index (χ3n) is 4.17. The first-order valence-electron chi connectivity index (χ1n) is 7.53. The molecule has 3 rings (SSSR count). The van der Waals surface area contributed by atoms with Crippen molar-refractivity contribution in [1.29, 1.82) is 0 Å². The number of carbonyl (C=O) groups excluding carboxylic acids is 3. The molecule has 116 valence electrons. The maximum Gasteiger partial charge on any atom is 0.316 e. The van der Waals surface area contributed by atoms with Crippen LogP contribution in [-0.2, 0) is 20.8 Å². The maximum atomic E-state index is 12.3. The Hall–Kier alpha value is -2.37. The van der Waals surface area contributed by atoms with E-state index in [2.05, 4.69) is 10.6 Å². The maximum absolute atomic E-state index is 12.3. The third kappa shape index (κ3) is 2.81. The van der Waals surface area contributed by atoms with Crippen LogP contribution in [0.3, 0.4) is 0 Å². The molecule has 0 aliphatic carbocycles. The van der Waals surface area contributed by atoms with Crippen molar-refractivity contribution in [3.05, 3.63) is 29.3 Å². The van der Waals surface area contributed by atoms with Gasteiger partial charge in [-0.05, 0) is 37.0 Å². The topological polar surface area (TPSA) is 78.5 Å². The standard InChI is InChI=1S/C16H19N3O3/c1-10-2-3-11-6-7-19(13(11)8-10)16(22)15(21)17-9-12-4-5-14(20)18-12/h2-3,8,12H,4-7,9H2,1H3,(H,17,21)(H,18,20)/t12-/m0/s1. The van der Waals surface area contributed by atoms with Crippen LogP contribution in [0.4, 0.5) is 5.69 Å². The quantitative estimate of drug-likeness (QED) is 0.770. The zero-order chi connectivity index (χ0) is 15.7. The highest BCUT2D eigenvalue weighted by Crippen LogP contribution is 2.28. The molecule has 0 aromatic heterocycles. The first-order chi connectivity index (χ1) is 10.5. The predicted octanol–water partition coefficient (Wildman–Crippen LogP) is 0.279. The molecule has 6 heteroatoms. The van der Waals surface area contributed by atoms with Crippen molar-refractivity contribution in [2.24, 2.45) is 0 Å². The molecule has 2 aliphatic heterocycles. The number of hydrogen-bond donors (Lipinski definition) is 2. The second-order valence-electron chi connectivity index (χ2n) is 5.85. The minimum Gasteiger partial charge on any atom is -0.352 e. The van der Waals surface area contributed by atoms with Crippen LogP contribution in [0.1, 0.15) is 24.0 Å². The van der Waals surface area contributed by atoms with Crippen LogP contribution in [0, 0.1) is 6.92 Å². The zero-order valence-corrected chi connectivity index (χ0v) is 12.5. The number of aryl methyl sites for hydroxylation is 1. The molecule has 0 unspecified atom stereocenters. The van der Waals surface area contributed by atoms with Crippen LogP contribution in [0.5, 0.6) is 0 Å². The lowest BCUT2D eigenvalue weighted by Crippen LogP contribution is -2.46. The van der Waals surface area contributed by atoms with E-state index in [1.165, 1.54) is 4.90 Å². The summed E-state index contributed by atoms with van der Waals surface area (Å²) in [5, 5.41) is 5.38. The van der Waals surface area contributed by atoms with Gasteiger partial charge in [-0.1, -0.05) is 12.1 Å². The number of amides is 3. The van der Waals surface area contributed by atoms with Crippen molar-refractivity contribution in [1.82, 2.24) is 10.6 Å². The number of anilines is 1. The third-order valence-corrected chi connectivity index (χ3v) is 4.17. The van der Waals surface area contributed by atoms with E-state index in [-0.39, 0.29) is 11.9 Å². The molecule has 22 heavy (non-hydrogen) atoms. The van der Waals surface area contributed by atoms with Crippen LogP contribution in [0.15, 0.2) is 18.2 Å². The van der Waals surface area contributed by atoms with Crippen molar-refractivity contribution in [3.8, 4) is 0 Å². The number of nitrogens with one attached hydrogen (secondary N) is 2. The van der Waals surface area contributed by atoms with E-state index >= 15 is 0 Å². The van der Waals surface area contributed by atoms with Gasteiger partial charge in [-0.3, -0.25) is 14.4 Å². The van der Waals surface area contributed by atoms with E-state index in [0.29, 0.717) is 25.9 Å². The van der Waals surface area contributed by atoms with Crippen LogP contribution in [0.25, 0.3) is 0 Å². The van der Waals surface area contributed by atoms with Crippen LogP contribution >= 0.6 is 0 Å². The molecule has 1 atom stereocenters. The summed E-state index contributed by atoms with van der Waals surface area (Å²) in [6, 6.07) is 5.88. The van der Waals surface area contributed by atoms with Crippen LogP contribution < -0.4 is 15.5 Å². The Balaban J connectivity index is 1.61. The van der Waals surface area contributed by atoms with Gasteiger partial charge in [0.1, 0.15) is 0 Å². The minimum atomic E-state index is -0.615. The lowest BCUT2D eigenvalue weighted by molar-refractivity contribution is -0.137. The van der Waals surface area contributed by atoms with Crippen molar-refractivity contribution in [2.45, 2.75) is 32.2 Å². The highest BCUT2D eigenvalue weighted by atomic mass is 16.2. The van der Waals surface area contributed by atoms with Crippen molar-refractivity contribution in [3.63, 3.8) is 0 Å². The smallest absolute Gasteiger partial charge is 0.316 e. The number of fused-ring (bicyclic) bond motifs is 1. The number of hydrogen-bond acceptors (Lipinski definition) is 3. The highest BCUT2D eigenvalue weighted by molar-refractivity contribution is 6.40. The average molecular weight is 301 g/mol. The first-order valence-corrected chi connectivity index (χ1v) is 7.53. The lowest BCUT2D eigenvalue weighted by atomic mass is 10.1. The summed E-state index contributed by atoms with van der Waals surface area (Å²) in [5.41, 5.74) is 2.98. The molecule has 0 spiro atoms. The monoisotopic (exact) mass is 301 g/mol. The van der Waals surface area contributed by atoms with Crippen molar-refractivity contribution in [2.75, 3.05) is 18.0 Å². The Kier molecular flexibility index (Phi) is 3.83. The molecule has 2 heterocycles. The van der Waals surface area contributed by atoms with Crippen LogP contribution in [0.2, 0.25) is 0 Å². The Bertz CT molecular complexity index is 642. The molecule has 0 bridgehead atoms. The van der Waals surface area contributed by atoms with E-state index in [0.717, 1.165) is 23.2 Å². The summed E-state index contributed by atoms with van der Waals surface area (Å²) in [6.07, 6.45) is 1.94. The largest absolute Gasteiger partial charge is 0.352 e. The fraction of sp³-hybridized carbons (Fsp3) is 0.438. The Morgan fingerprint density at radius 1 is 1.36 bits per heavy atom. The zero-order valence-electron chi connectivity index (χ0n) is 12.5. The fourth-order valence-corrected chi connectivity index (χ4v) is 2.94. The fourth-order valence-electron chi connectivity index (χ4n) is 2.94. The highest BCUT2D eigenvalue weighted by Gasteiger charge is 2.30. The SMILES string of the molecule is Cc1ccc2c(c1)N(C(=O)C(=O)NC[C@@H]1CCC(=O)N1)CC2. The average Bonchev–Trinajstić information content (AvgIpc) is 3.09. The molecule has 0 saturated carbocycles. The van der Waals surface area contributed by atoms with Crippen molar-refractivity contribution < 1.29 is 14.4 Å². The molecule has 1 fully saturated rings. The van der Waals surface area contributed by atoms with Crippen LogP contribution in [-0.4, -0.2) is 36.9 Å². The number of rotatable bonds is 2. The molecular formula is C16H19N3O3. The normalized spacial score (nSPS) is 19.8. The molecule has 1 aromatic carbocycles. The van der Waals surface area contributed by atoms with E-state index in [1.54, 1.807) is 0 Å². The second kappa shape index (κ2) is 5.79. The minimum absolute atomic E-state index is 0.00507. The van der Waals surface area contributed by atoms with E-state index < -0.39 is 11.8 Å². The summed E-state index contributed by atoms with van der Waals surface area (Å²) in [5.74, 6) is -1.15. The molecule has 3 amide bonds. The van der Waals surface area contributed by atoms with Gasteiger partial charge in [-0.25, -0.2) is 0 Å². The second-order valence-corrected chi connectivity index (χ2v) is 5.85. The lowest BCUT2D eigenvalue weighted by Gasteiger charge is -2.18. The van der Waals surface area contributed by atoms with E-state index in [4.69, 9.17) is 0 Å². The van der Waals surface area contributed by atoms with Gasteiger partial charge in [0.15, 0.2) is 0 Å². The molecule has 2 aliphatic rings. The van der Waals surface area contributed by atoms with E-state index in [9.17, 15) is 14.4 Å². The molecule has 1 aromatic rings. The number of benzene rings is 1. The summed E-state index contributed by atoms with van der Waals surface area (Å²) in [7, 11) is 0. The van der Waals surface area contributed by atoms with Gasteiger partial charge in [0.25, 0.3) is 0 Å². The van der Waals surface area contributed by atoms with Gasteiger partial charge in [0, 0.05) is 31.2 Å². The molecule has 0 radical (unpaired) electrons. The molecule has 6 nitrogen and oxygen atoms in total. The molecule has 1 saturated heterocycles. The van der Waals surface area contributed by atoms with Gasteiger partial charge < -0.3 is 15.5 Å². The predicted molar refractivity (Wildman–Crippen MR) is 81.4 cm³/mol. The summed E-state index contributed by atoms with van der Waals surface area (Å²) >= 11 is 0. The molecular weight excluding hydrogens is 282 g/mol. The summed E-state index contributed by atoms with van der Waals surface area (Å²) in [6.45, 7) is 2.79. The summed E-state index contributed by atoms with van der Waals surface area (Å²) in [4.78, 5) is 37.0. The number of nitrogens with zero attached hydrogens (tertiary/aromatic N) is 1. The first kappa shape index (κ1) is 14.6. The van der Waals surface area contributed by atoms with Gasteiger partial charge in [-0.2, -0.15) is 0 Å².